The second-order valence-electron chi connectivity index (χ2n) is 7.91. The van der Waals surface area contributed by atoms with Gasteiger partial charge in [0, 0.05) is 25.0 Å². The molecule has 0 aliphatic rings. The van der Waals surface area contributed by atoms with E-state index in [0.717, 1.165) is 6.07 Å². The third kappa shape index (κ3) is 5.85. The number of aliphatic imine (C=N–C) groups is 1. The molecule has 12 heteroatoms. The molecule has 1 atom stereocenters. The van der Waals surface area contributed by atoms with Crippen LogP contribution >= 0.6 is 11.8 Å². The molecule has 182 valence electrons. The van der Waals surface area contributed by atoms with Crippen LogP contribution in [0.5, 0.6) is 5.88 Å². The molecule has 0 aliphatic heterocycles. The Kier molecular flexibility index (Phi) is 7.80. The van der Waals surface area contributed by atoms with E-state index in [1.807, 2.05) is 13.8 Å². The standard InChI is InChI=1S/C22H24F4N6OS/c1-11(2)33-16-10-30-18-15(32-16)5-6-29-19(18)31-13-7-12(17(24)14(23)8-13)9-22(3,20(25)26)34-21(27)28-4/h5-8,10-11,20H,9H2,1-4H3,(H2,27,28)(H,29,31)/t22-/m1/s1. The minimum absolute atomic E-state index is 0.0858. The molecular weight excluding hydrogens is 472 g/mol. The number of fused-ring (bicyclic) bond motifs is 1. The van der Waals surface area contributed by atoms with Crippen LogP contribution in [0.1, 0.15) is 26.3 Å². The Balaban J connectivity index is 1.96. The fourth-order valence-electron chi connectivity index (χ4n) is 3.12. The van der Waals surface area contributed by atoms with Crippen molar-refractivity contribution in [3.8, 4) is 5.88 Å². The van der Waals surface area contributed by atoms with Gasteiger partial charge in [0.05, 0.1) is 22.6 Å². The van der Waals surface area contributed by atoms with E-state index < -0.39 is 29.2 Å². The van der Waals surface area contributed by atoms with Gasteiger partial charge in [-0.15, -0.1) is 0 Å². The molecule has 2 aromatic heterocycles. The largest absolute Gasteiger partial charge is 0.474 e. The van der Waals surface area contributed by atoms with Crippen molar-refractivity contribution >= 4 is 39.5 Å². The number of rotatable bonds is 8. The first-order chi connectivity index (χ1) is 16.0. The predicted molar refractivity (Wildman–Crippen MR) is 126 cm³/mol. The fraction of sp³-hybridized carbons (Fsp3) is 0.364. The van der Waals surface area contributed by atoms with Gasteiger partial charge in [0.15, 0.2) is 22.6 Å². The van der Waals surface area contributed by atoms with Crippen molar-refractivity contribution < 1.29 is 22.3 Å². The highest BCUT2D eigenvalue weighted by molar-refractivity contribution is 8.15. The van der Waals surface area contributed by atoms with Crippen molar-refractivity contribution in [3.05, 3.63) is 47.8 Å². The summed E-state index contributed by atoms with van der Waals surface area (Å²) in [5, 5.41) is 2.79. The number of hydrogen-bond acceptors (Lipinski definition) is 7. The topological polar surface area (TPSA) is 98.3 Å². The summed E-state index contributed by atoms with van der Waals surface area (Å²) in [4.78, 5) is 16.5. The lowest BCUT2D eigenvalue weighted by atomic mass is 9.99. The first kappa shape index (κ1) is 25.5. The third-order valence-corrected chi connectivity index (χ3v) is 5.90. The van der Waals surface area contributed by atoms with Crippen molar-refractivity contribution in [2.24, 2.45) is 10.7 Å². The molecule has 3 aromatic rings. The van der Waals surface area contributed by atoms with E-state index >= 15 is 0 Å². The van der Waals surface area contributed by atoms with Gasteiger partial charge >= 0.3 is 0 Å². The third-order valence-electron chi connectivity index (χ3n) is 4.72. The average molecular weight is 497 g/mol. The molecule has 0 saturated heterocycles. The maximum Gasteiger partial charge on any atom is 0.253 e. The normalized spacial score (nSPS) is 14.0. The van der Waals surface area contributed by atoms with Crippen LogP contribution in [0.25, 0.3) is 11.0 Å². The molecule has 7 nitrogen and oxygen atoms in total. The van der Waals surface area contributed by atoms with Gasteiger partial charge in [-0.05, 0) is 44.9 Å². The Labute approximate surface area is 198 Å². The van der Waals surface area contributed by atoms with Crippen molar-refractivity contribution in [3.63, 3.8) is 0 Å². The highest BCUT2D eigenvalue weighted by Crippen LogP contribution is 2.37. The molecule has 1 aromatic carbocycles. The van der Waals surface area contributed by atoms with Crippen LogP contribution in [0.3, 0.4) is 0 Å². The second kappa shape index (κ2) is 10.4. The van der Waals surface area contributed by atoms with Crippen molar-refractivity contribution in [2.45, 2.75) is 44.5 Å². The van der Waals surface area contributed by atoms with E-state index in [1.54, 1.807) is 6.07 Å². The fourth-order valence-corrected chi connectivity index (χ4v) is 4.01. The maximum atomic E-state index is 14.6. The van der Waals surface area contributed by atoms with Gasteiger partial charge in [-0.25, -0.2) is 32.5 Å². The first-order valence-corrected chi connectivity index (χ1v) is 11.1. The van der Waals surface area contributed by atoms with Gasteiger partial charge in [0.2, 0.25) is 5.88 Å². The summed E-state index contributed by atoms with van der Waals surface area (Å²) < 4.78 is 60.4. The Bertz CT molecular complexity index is 1210. The molecule has 0 aliphatic carbocycles. The number of ether oxygens (including phenoxy) is 1. The molecule has 0 amide bonds. The molecule has 34 heavy (non-hydrogen) atoms. The molecule has 0 fully saturated rings. The molecule has 2 heterocycles. The van der Waals surface area contributed by atoms with Crippen molar-refractivity contribution in [1.82, 2.24) is 15.0 Å². The minimum Gasteiger partial charge on any atom is -0.474 e. The van der Waals surface area contributed by atoms with Crippen LogP contribution in [0.15, 0.2) is 35.6 Å². The van der Waals surface area contributed by atoms with Gasteiger partial charge in [0.25, 0.3) is 6.43 Å². The number of pyridine rings is 1. The number of amidine groups is 1. The van der Waals surface area contributed by atoms with E-state index in [-0.39, 0.29) is 28.3 Å². The number of hydrogen-bond donors (Lipinski definition) is 2. The number of alkyl halides is 2. The number of aromatic nitrogens is 3. The summed E-state index contributed by atoms with van der Waals surface area (Å²) in [5.74, 6) is -1.86. The molecule has 0 spiro atoms. The zero-order valence-electron chi connectivity index (χ0n) is 18.9. The number of nitrogens with two attached hydrogens (primary N) is 1. The van der Waals surface area contributed by atoms with Gasteiger partial charge in [-0.3, -0.25) is 4.99 Å². The number of benzene rings is 1. The molecule has 3 N–H and O–H groups in total. The van der Waals surface area contributed by atoms with Crippen LogP contribution in [0, 0.1) is 11.6 Å². The number of nitrogens with one attached hydrogen (secondary N) is 1. The van der Waals surface area contributed by atoms with Gasteiger partial charge < -0.3 is 15.8 Å². The lowest BCUT2D eigenvalue weighted by molar-refractivity contribution is 0.106. The van der Waals surface area contributed by atoms with Crippen LogP contribution in [-0.4, -0.2) is 44.4 Å². The summed E-state index contributed by atoms with van der Waals surface area (Å²) >= 11 is 0.607. The highest BCUT2D eigenvalue weighted by Gasteiger charge is 2.38. The van der Waals surface area contributed by atoms with Crippen molar-refractivity contribution in [2.75, 3.05) is 12.4 Å². The van der Waals surface area contributed by atoms with Crippen LogP contribution in [0.2, 0.25) is 0 Å². The summed E-state index contributed by atoms with van der Waals surface area (Å²) in [7, 11) is 1.36. The summed E-state index contributed by atoms with van der Waals surface area (Å²) in [6.45, 7) is 4.93. The van der Waals surface area contributed by atoms with Gasteiger partial charge in [-0.1, -0.05) is 11.8 Å². The summed E-state index contributed by atoms with van der Waals surface area (Å²) in [6.07, 6.45) is -0.576. The SMILES string of the molecule is C/N=C(/N)S[C@](C)(Cc1cc(Nc2nccc3nc(OC(C)C)cnc23)cc(F)c1F)C(F)F. The Morgan fingerprint density at radius 3 is 2.65 bits per heavy atom. The lowest BCUT2D eigenvalue weighted by Gasteiger charge is -2.28. The first-order valence-electron chi connectivity index (χ1n) is 10.2. The average Bonchev–Trinajstić information content (AvgIpc) is 2.76. The molecular formula is C22H24F4N6OS. The number of anilines is 2. The van der Waals surface area contributed by atoms with E-state index in [4.69, 9.17) is 10.5 Å². The number of nitrogens with zero attached hydrogens (tertiary/aromatic N) is 4. The Morgan fingerprint density at radius 2 is 2.00 bits per heavy atom. The van der Waals surface area contributed by atoms with Crippen LogP contribution in [0.4, 0.5) is 29.1 Å². The van der Waals surface area contributed by atoms with Gasteiger partial charge in [-0.2, -0.15) is 0 Å². The summed E-state index contributed by atoms with van der Waals surface area (Å²) in [6, 6.07) is 3.79. The zero-order valence-corrected chi connectivity index (χ0v) is 19.8. The monoisotopic (exact) mass is 496 g/mol. The smallest absolute Gasteiger partial charge is 0.253 e. The quantitative estimate of drug-likeness (QED) is 0.255. The summed E-state index contributed by atoms with van der Waals surface area (Å²) in [5.41, 5.74) is 6.30. The van der Waals surface area contributed by atoms with Crippen LogP contribution in [-0.2, 0) is 6.42 Å². The van der Waals surface area contributed by atoms with Crippen LogP contribution < -0.4 is 15.8 Å². The van der Waals surface area contributed by atoms with E-state index in [9.17, 15) is 17.6 Å². The lowest BCUT2D eigenvalue weighted by Crippen LogP contribution is -2.36. The molecule has 0 saturated carbocycles. The van der Waals surface area contributed by atoms with Gasteiger partial charge in [0.1, 0.15) is 5.52 Å². The Morgan fingerprint density at radius 1 is 1.26 bits per heavy atom. The molecule has 3 rings (SSSR count). The number of halogens is 4. The van der Waals surface area contributed by atoms with Crippen molar-refractivity contribution in [1.29, 1.82) is 0 Å². The molecule has 0 unspecified atom stereocenters. The minimum atomic E-state index is -2.88. The van der Waals surface area contributed by atoms with E-state index in [0.29, 0.717) is 28.7 Å². The Hall–Kier alpha value is -3.15. The molecule has 0 radical (unpaired) electrons. The zero-order chi connectivity index (χ0) is 25.0. The van der Waals surface area contributed by atoms with E-state index in [2.05, 4.69) is 25.3 Å². The second-order valence-corrected chi connectivity index (χ2v) is 9.47. The predicted octanol–water partition coefficient (Wildman–Crippen LogP) is 5.08. The number of thioether (sulfide) groups is 1. The highest BCUT2D eigenvalue weighted by atomic mass is 32.2. The van der Waals surface area contributed by atoms with E-state index in [1.165, 1.54) is 32.4 Å². The molecule has 0 bridgehead atoms. The maximum absolute atomic E-state index is 14.6.